The van der Waals surface area contributed by atoms with Gasteiger partial charge in [0.25, 0.3) is 0 Å². The number of benzene rings is 2. The molecule has 0 heterocycles. The molecule has 1 fully saturated rings. The molecule has 0 aliphatic heterocycles. The van der Waals surface area contributed by atoms with E-state index in [4.69, 9.17) is 11.6 Å². The number of sulfonamides is 1. The molecule has 1 saturated carbocycles. The van der Waals surface area contributed by atoms with E-state index >= 15 is 0 Å². The van der Waals surface area contributed by atoms with Crippen LogP contribution in [0.25, 0.3) is 0 Å². The maximum Gasteiger partial charge on any atom is 0.243 e. The highest BCUT2D eigenvalue weighted by molar-refractivity contribution is 7.89. The Balaban J connectivity index is 1.77. The lowest BCUT2D eigenvalue weighted by Gasteiger charge is -2.29. The number of rotatable bonds is 4. The maximum atomic E-state index is 13.4. The molecule has 0 unspecified atom stereocenters. The molecule has 0 saturated heterocycles. The van der Waals surface area contributed by atoms with Crippen molar-refractivity contribution < 1.29 is 12.8 Å². The highest BCUT2D eigenvalue weighted by atomic mass is 35.5. The molecule has 0 bridgehead atoms. The second-order valence-corrected chi connectivity index (χ2v) is 8.65. The minimum absolute atomic E-state index is 0.0231. The summed E-state index contributed by atoms with van der Waals surface area (Å²) in [6.07, 6.45) is 3.40. The van der Waals surface area contributed by atoms with Gasteiger partial charge in [0.05, 0.1) is 16.0 Å². The van der Waals surface area contributed by atoms with E-state index in [0.29, 0.717) is 0 Å². The average Bonchev–Trinajstić information content (AvgIpc) is 3.30. The van der Waals surface area contributed by atoms with Gasteiger partial charge in [-0.3, -0.25) is 0 Å². The number of halogens is 2. The molecule has 0 radical (unpaired) electrons. The van der Waals surface area contributed by atoms with E-state index in [1.165, 1.54) is 17.7 Å². The van der Waals surface area contributed by atoms with Gasteiger partial charge in [-0.05, 0) is 55.0 Å². The molecular formula is C18H17ClFNO2S. The van der Waals surface area contributed by atoms with Gasteiger partial charge in [-0.1, -0.05) is 35.9 Å². The average molecular weight is 366 g/mol. The van der Waals surface area contributed by atoms with Gasteiger partial charge < -0.3 is 0 Å². The van der Waals surface area contributed by atoms with Gasteiger partial charge in [0.2, 0.25) is 10.0 Å². The fourth-order valence-electron chi connectivity index (χ4n) is 3.51. The Bertz CT molecular complexity index is 896. The molecule has 6 heteroatoms. The third-order valence-electron chi connectivity index (χ3n) is 4.78. The smallest absolute Gasteiger partial charge is 0.207 e. The molecule has 4 rings (SSSR count). The minimum atomic E-state index is -3.72. The molecule has 1 atom stereocenters. The van der Waals surface area contributed by atoms with Gasteiger partial charge in [-0.15, -0.1) is 0 Å². The van der Waals surface area contributed by atoms with E-state index in [9.17, 15) is 12.8 Å². The summed E-state index contributed by atoms with van der Waals surface area (Å²) in [7, 11) is -3.72. The molecule has 3 nitrogen and oxygen atoms in total. The third kappa shape index (κ3) is 2.65. The first-order valence-corrected chi connectivity index (χ1v) is 9.86. The van der Waals surface area contributed by atoms with Crippen LogP contribution in [-0.4, -0.2) is 18.8 Å². The van der Waals surface area contributed by atoms with Crippen LogP contribution in [0.5, 0.6) is 0 Å². The standard InChI is InChI=1S/C18H17ClFNO2S/c19-16-11-14(8-9-17(16)20)24(22,23)21(13-6-7-13)18-10-5-12-3-1-2-4-15(12)18/h1-4,8-9,11,13,18H,5-7,10H2/t18-/m0/s1. The van der Waals surface area contributed by atoms with Gasteiger partial charge in [0.15, 0.2) is 0 Å². The van der Waals surface area contributed by atoms with Crippen LogP contribution in [0.4, 0.5) is 4.39 Å². The lowest BCUT2D eigenvalue weighted by molar-refractivity contribution is 0.314. The van der Waals surface area contributed by atoms with Crippen LogP contribution in [0.2, 0.25) is 5.02 Å². The summed E-state index contributed by atoms with van der Waals surface area (Å²) in [6.45, 7) is 0. The third-order valence-corrected chi connectivity index (χ3v) is 7.03. The lowest BCUT2D eigenvalue weighted by atomic mass is 10.1. The molecule has 24 heavy (non-hydrogen) atoms. The summed E-state index contributed by atoms with van der Waals surface area (Å²) in [5, 5.41) is -0.168. The quantitative estimate of drug-likeness (QED) is 0.809. The van der Waals surface area contributed by atoms with Crippen molar-refractivity contribution in [3.63, 3.8) is 0 Å². The molecule has 0 spiro atoms. The molecule has 0 N–H and O–H groups in total. The zero-order chi connectivity index (χ0) is 16.9. The van der Waals surface area contributed by atoms with Crippen molar-refractivity contribution >= 4 is 21.6 Å². The van der Waals surface area contributed by atoms with E-state index < -0.39 is 15.8 Å². The Morgan fingerprint density at radius 3 is 2.54 bits per heavy atom. The predicted molar refractivity (Wildman–Crippen MR) is 91.0 cm³/mol. The highest BCUT2D eigenvalue weighted by Gasteiger charge is 2.44. The first kappa shape index (κ1) is 16.1. The van der Waals surface area contributed by atoms with E-state index in [2.05, 4.69) is 6.07 Å². The van der Waals surface area contributed by atoms with Crippen molar-refractivity contribution in [2.45, 2.75) is 42.7 Å². The minimum Gasteiger partial charge on any atom is -0.207 e. The first-order valence-electron chi connectivity index (χ1n) is 8.05. The normalized spacial score (nSPS) is 20.4. The number of aryl methyl sites for hydroxylation is 1. The highest BCUT2D eigenvalue weighted by Crippen LogP contribution is 2.45. The molecule has 2 aliphatic rings. The Hall–Kier alpha value is -1.43. The topological polar surface area (TPSA) is 37.4 Å². The van der Waals surface area contributed by atoms with Crippen molar-refractivity contribution in [3.8, 4) is 0 Å². The second-order valence-electron chi connectivity index (χ2n) is 6.40. The van der Waals surface area contributed by atoms with Gasteiger partial charge in [0, 0.05) is 6.04 Å². The van der Waals surface area contributed by atoms with Gasteiger partial charge >= 0.3 is 0 Å². The van der Waals surface area contributed by atoms with Crippen LogP contribution < -0.4 is 0 Å². The largest absolute Gasteiger partial charge is 0.243 e. The first-order chi connectivity index (χ1) is 11.5. The second kappa shape index (κ2) is 5.83. The van der Waals surface area contributed by atoms with Gasteiger partial charge in [0.1, 0.15) is 5.82 Å². The molecule has 2 aliphatic carbocycles. The Morgan fingerprint density at radius 1 is 1.08 bits per heavy atom. The fourth-order valence-corrected chi connectivity index (χ4v) is 5.66. The number of nitrogens with zero attached hydrogens (tertiary/aromatic N) is 1. The summed E-state index contributed by atoms with van der Waals surface area (Å²) in [5.41, 5.74) is 2.29. The zero-order valence-electron chi connectivity index (χ0n) is 13.0. The Kier molecular flexibility index (Phi) is 3.90. The zero-order valence-corrected chi connectivity index (χ0v) is 14.5. The number of fused-ring (bicyclic) bond motifs is 1. The lowest BCUT2D eigenvalue weighted by Crippen LogP contribution is -2.36. The van der Waals surface area contributed by atoms with E-state index in [1.807, 2.05) is 18.2 Å². The van der Waals surface area contributed by atoms with Crippen LogP contribution in [-0.2, 0) is 16.4 Å². The van der Waals surface area contributed by atoms with Crippen LogP contribution in [0.1, 0.15) is 36.4 Å². The van der Waals surface area contributed by atoms with Crippen LogP contribution in [0.15, 0.2) is 47.4 Å². The molecule has 2 aromatic rings. The van der Waals surface area contributed by atoms with Crippen molar-refractivity contribution in [2.75, 3.05) is 0 Å². The summed E-state index contributed by atoms with van der Waals surface area (Å²) in [6, 6.07) is 11.5. The van der Waals surface area contributed by atoms with Crippen molar-refractivity contribution in [1.82, 2.24) is 4.31 Å². The number of hydrogen-bond acceptors (Lipinski definition) is 2. The Labute approximate surface area is 146 Å². The van der Waals surface area contributed by atoms with Crippen LogP contribution in [0, 0.1) is 5.82 Å². The summed E-state index contributed by atoms with van der Waals surface area (Å²) in [5.74, 6) is -0.611. The SMILES string of the molecule is O=S(=O)(c1ccc(F)c(Cl)c1)N(C1CC1)[C@H]1CCc2ccccc21. The van der Waals surface area contributed by atoms with E-state index in [1.54, 1.807) is 4.31 Å². The van der Waals surface area contributed by atoms with Gasteiger partial charge in [-0.25, -0.2) is 12.8 Å². The monoisotopic (exact) mass is 365 g/mol. The van der Waals surface area contributed by atoms with Crippen LogP contribution >= 0.6 is 11.6 Å². The summed E-state index contributed by atoms with van der Waals surface area (Å²) in [4.78, 5) is 0.0604. The van der Waals surface area contributed by atoms with E-state index in [0.717, 1.165) is 37.3 Å². The fraction of sp³-hybridized carbons (Fsp3) is 0.333. The molecule has 0 aromatic heterocycles. The summed E-state index contributed by atoms with van der Waals surface area (Å²) < 4.78 is 41.5. The Morgan fingerprint density at radius 2 is 1.83 bits per heavy atom. The van der Waals surface area contributed by atoms with Crippen LogP contribution in [0.3, 0.4) is 0 Å². The molecular weight excluding hydrogens is 349 g/mol. The van der Waals surface area contributed by atoms with Crippen molar-refractivity contribution in [2.24, 2.45) is 0 Å². The predicted octanol–water partition coefficient (Wildman–Crippen LogP) is 4.32. The molecule has 0 amide bonds. The van der Waals surface area contributed by atoms with Gasteiger partial charge in [-0.2, -0.15) is 4.31 Å². The maximum absolute atomic E-state index is 13.4. The van der Waals surface area contributed by atoms with Crippen molar-refractivity contribution in [3.05, 3.63) is 64.4 Å². The summed E-state index contributed by atoms with van der Waals surface area (Å²) >= 11 is 5.80. The molecule has 126 valence electrons. The molecule has 2 aromatic carbocycles. The van der Waals surface area contributed by atoms with E-state index in [-0.39, 0.29) is 22.0 Å². The van der Waals surface area contributed by atoms with Crippen molar-refractivity contribution in [1.29, 1.82) is 0 Å². The number of hydrogen-bond donors (Lipinski definition) is 0.